The van der Waals surface area contributed by atoms with Gasteiger partial charge in [-0.2, -0.15) is 0 Å². The van der Waals surface area contributed by atoms with Gasteiger partial charge in [0.1, 0.15) is 6.54 Å². The van der Waals surface area contributed by atoms with Crippen LogP contribution in [0.1, 0.15) is 15.9 Å². The number of fused-ring (bicyclic) bond motifs is 1. The normalized spacial score (nSPS) is 11.6. The number of aromatic nitrogens is 3. The minimum Gasteiger partial charge on any atom is -0.494 e. The van der Waals surface area contributed by atoms with Gasteiger partial charge in [-0.25, -0.2) is 14.4 Å². The van der Waals surface area contributed by atoms with E-state index in [1.54, 1.807) is 42.7 Å². The first-order valence-corrected chi connectivity index (χ1v) is 12.7. The summed E-state index contributed by atoms with van der Waals surface area (Å²) in [6, 6.07) is 10.4. The summed E-state index contributed by atoms with van der Waals surface area (Å²) in [5, 5.41) is 3.30. The molecule has 1 N–H and O–H groups in total. The second kappa shape index (κ2) is 11.8. The summed E-state index contributed by atoms with van der Waals surface area (Å²) in [6.07, 6.45) is 5.11. The number of quaternary nitrogens is 1. The fourth-order valence-electron chi connectivity index (χ4n) is 4.11. The van der Waals surface area contributed by atoms with Crippen molar-refractivity contribution in [3.63, 3.8) is 0 Å². The number of rotatable bonds is 11. The molecular formula is C29H36FN6O3+. The monoisotopic (exact) mass is 535 g/mol. The molecule has 0 bridgehead atoms. The van der Waals surface area contributed by atoms with Crippen LogP contribution in [0.2, 0.25) is 0 Å². The third kappa shape index (κ3) is 6.71. The fraction of sp³-hybridized carbons (Fsp3) is 0.345. The van der Waals surface area contributed by atoms with Crippen molar-refractivity contribution in [1.82, 2.24) is 19.3 Å². The average molecular weight is 536 g/mol. The first kappa shape index (κ1) is 28.0. The summed E-state index contributed by atoms with van der Waals surface area (Å²) in [6.45, 7) is 4.48. The number of likely N-dealkylation sites (N-methyl/N-ethyl adjacent to an activating group) is 2. The molecule has 0 fully saturated rings. The highest BCUT2D eigenvalue weighted by atomic mass is 19.1. The van der Waals surface area contributed by atoms with Crippen molar-refractivity contribution >= 4 is 23.1 Å². The first-order chi connectivity index (χ1) is 18.6. The Morgan fingerprint density at radius 3 is 2.62 bits per heavy atom. The van der Waals surface area contributed by atoms with Crippen LogP contribution in [0.3, 0.4) is 0 Å². The van der Waals surface area contributed by atoms with Crippen molar-refractivity contribution < 1.29 is 23.1 Å². The molecule has 4 aromatic rings. The van der Waals surface area contributed by atoms with Crippen LogP contribution in [0, 0.1) is 12.7 Å². The standard InChI is InChI=1S/C29H35FN6O3/c1-20-17-22(8-9-23(20)29(37)34(2)13-15-39-16-14-36(3,4)5)33-27-28-32-19-25(35(28)12-11-31-27)21-7-10-26(38-6)24(30)18-21/h7-12,17-19H,13-16H2,1-6H3/p+1. The number of nitrogens with zero attached hydrogens (tertiary/aromatic N) is 5. The van der Waals surface area contributed by atoms with Crippen molar-refractivity contribution in [3.8, 4) is 17.0 Å². The van der Waals surface area contributed by atoms with Crippen LogP contribution < -0.4 is 10.1 Å². The van der Waals surface area contributed by atoms with E-state index in [0.29, 0.717) is 42.4 Å². The second-order valence-electron chi connectivity index (χ2n) is 10.5. The number of amides is 1. The number of nitrogens with one attached hydrogen (secondary N) is 1. The quantitative estimate of drug-likeness (QED) is 0.227. The Hall–Kier alpha value is -4.02. The Bertz CT molecular complexity index is 1460. The Morgan fingerprint density at radius 1 is 1.13 bits per heavy atom. The van der Waals surface area contributed by atoms with Gasteiger partial charge in [-0.1, -0.05) is 0 Å². The molecular weight excluding hydrogens is 499 g/mol. The number of benzene rings is 2. The molecule has 0 aliphatic rings. The number of aryl methyl sites for hydroxylation is 1. The van der Waals surface area contributed by atoms with Crippen molar-refractivity contribution in [2.75, 3.05) is 66.9 Å². The molecule has 10 heteroatoms. The maximum atomic E-state index is 14.3. The maximum absolute atomic E-state index is 14.3. The number of imidazole rings is 1. The predicted octanol–water partition coefficient (Wildman–Crippen LogP) is 4.39. The third-order valence-electron chi connectivity index (χ3n) is 6.42. The fourth-order valence-corrected chi connectivity index (χ4v) is 4.11. The first-order valence-electron chi connectivity index (χ1n) is 12.7. The zero-order chi connectivity index (χ0) is 28.2. The number of anilines is 2. The molecule has 1 amide bonds. The van der Waals surface area contributed by atoms with Gasteiger partial charge in [-0.15, -0.1) is 0 Å². The molecule has 0 unspecified atom stereocenters. The molecule has 0 atom stereocenters. The summed E-state index contributed by atoms with van der Waals surface area (Å²) < 4.78 is 27.7. The van der Waals surface area contributed by atoms with Gasteiger partial charge in [0.2, 0.25) is 0 Å². The molecule has 0 radical (unpaired) electrons. The molecule has 9 nitrogen and oxygen atoms in total. The number of hydrogen-bond donors (Lipinski definition) is 1. The molecule has 0 aliphatic carbocycles. The molecule has 0 spiro atoms. The number of hydrogen-bond acceptors (Lipinski definition) is 6. The molecule has 2 aromatic heterocycles. The van der Waals surface area contributed by atoms with Gasteiger partial charge in [-0.05, 0) is 48.9 Å². The zero-order valence-corrected chi connectivity index (χ0v) is 23.4. The minimum absolute atomic E-state index is 0.0564. The van der Waals surface area contributed by atoms with Gasteiger partial charge < -0.3 is 24.2 Å². The number of methoxy groups -OCH3 is 1. The average Bonchev–Trinajstić information content (AvgIpc) is 3.32. The molecule has 206 valence electrons. The van der Waals surface area contributed by atoms with Crippen molar-refractivity contribution in [1.29, 1.82) is 0 Å². The summed E-state index contributed by atoms with van der Waals surface area (Å²) in [4.78, 5) is 23.7. The topological polar surface area (TPSA) is 81.0 Å². The van der Waals surface area contributed by atoms with Crippen LogP contribution >= 0.6 is 0 Å². The van der Waals surface area contributed by atoms with E-state index in [9.17, 15) is 9.18 Å². The molecule has 4 rings (SSSR count). The molecule has 2 heterocycles. The summed E-state index contributed by atoms with van der Waals surface area (Å²) in [5.41, 5.74) is 4.22. The van der Waals surface area contributed by atoms with E-state index in [0.717, 1.165) is 28.0 Å². The second-order valence-corrected chi connectivity index (χ2v) is 10.5. The highest BCUT2D eigenvalue weighted by Crippen LogP contribution is 2.29. The Balaban J connectivity index is 1.45. The lowest BCUT2D eigenvalue weighted by Gasteiger charge is -2.24. The highest BCUT2D eigenvalue weighted by Gasteiger charge is 2.16. The minimum atomic E-state index is -0.444. The summed E-state index contributed by atoms with van der Waals surface area (Å²) in [5.74, 6) is 0.225. The SMILES string of the molecule is COc1ccc(-c2cnc3c(Nc4ccc(C(=O)N(C)CCOCC[N+](C)(C)C)c(C)c4)nccn23)cc1F. The highest BCUT2D eigenvalue weighted by molar-refractivity contribution is 5.96. The van der Waals surface area contributed by atoms with E-state index < -0.39 is 5.82 Å². The molecule has 2 aromatic carbocycles. The van der Waals surface area contributed by atoms with E-state index in [-0.39, 0.29) is 11.7 Å². The zero-order valence-electron chi connectivity index (χ0n) is 23.4. The summed E-state index contributed by atoms with van der Waals surface area (Å²) in [7, 11) is 9.57. The van der Waals surface area contributed by atoms with Crippen molar-refractivity contribution in [2.45, 2.75) is 6.92 Å². The van der Waals surface area contributed by atoms with E-state index in [1.165, 1.54) is 13.2 Å². The van der Waals surface area contributed by atoms with E-state index in [4.69, 9.17) is 9.47 Å². The lowest BCUT2D eigenvalue weighted by Crippen LogP contribution is -2.38. The Morgan fingerprint density at radius 2 is 1.92 bits per heavy atom. The van der Waals surface area contributed by atoms with Crippen LogP contribution in [-0.4, -0.2) is 91.3 Å². The van der Waals surface area contributed by atoms with Crippen LogP contribution in [-0.2, 0) is 4.74 Å². The van der Waals surface area contributed by atoms with E-state index >= 15 is 0 Å². The van der Waals surface area contributed by atoms with Gasteiger partial charge in [0, 0.05) is 42.8 Å². The predicted molar refractivity (Wildman–Crippen MR) is 150 cm³/mol. The van der Waals surface area contributed by atoms with Crippen LogP contribution in [0.25, 0.3) is 16.9 Å². The summed E-state index contributed by atoms with van der Waals surface area (Å²) >= 11 is 0. The number of ether oxygens (including phenoxy) is 2. The lowest BCUT2D eigenvalue weighted by atomic mass is 10.1. The lowest BCUT2D eigenvalue weighted by molar-refractivity contribution is -0.870. The van der Waals surface area contributed by atoms with Gasteiger partial charge >= 0.3 is 0 Å². The molecule has 39 heavy (non-hydrogen) atoms. The number of halogens is 1. The Labute approximate surface area is 228 Å². The van der Waals surface area contributed by atoms with Crippen molar-refractivity contribution in [3.05, 3.63) is 71.9 Å². The largest absolute Gasteiger partial charge is 0.494 e. The van der Waals surface area contributed by atoms with Crippen LogP contribution in [0.5, 0.6) is 5.75 Å². The molecule has 0 saturated heterocycles. The van der Waals surface area contributed by atoms with Crippen LogP contribution in [0.4, 0.5) is 15.9 Å². The molecule has 0 saturated carbocycles. The van der Waals surface area contributed by atoms with Gasteiger partial charge in [0.05, 0.1) is 53.4 Å². The smallest absolute Gasteiger partial charge is 0.253 e. The van der Waals surface area contributed by atoms with Crippen LogP contribution in [0.15, 0.2) is 55.0 Å². The van der Waals surface area contributed by atoms with Gasteiger partial charge in [0.15, 0.2) is 23.0 Å². The van der Waals surface area contributed by atoms with Gasteiger partial charge in [0.25, 0.3) is 5.91 Å². The third-order valence-corrected chi connectivity index (χ3v) is 6.42. The van der Waals surface area contributed by atoms with E-state index in [1.807, 2.05) is 29.5 Å². The van der Waals surface area contributed by atoms with E-state index in [2.05, 4.69) is 36.4 Å². The van der Waals surface area contributed by atoms with Gasteiger partial charge in [-0.3, -0.25) is 9.20 Å². The molecule has 0 aliphatic heterocycles. The number of carbonyl (C=O) groups excluding carboxylic acids is 1. The maximum Gasteiger partial charge on any atom is 0.253 e. The Kier molecular flexibility index (Phi) is 8.47. The van der Waals surface area contributed by atoms with Crippen molar-refractivity contribution in [2.24, 2.45) is 0 Å². The number of carbonyl (C=O) groups is 1.